The highest BCUT2D eigenvalue weighted by Gasteiger charge is 2.14. The summed E-state index contributed by atoms with van der Waals surface area (Å²) in [5, 5.41) is 9.96. The number of H-pyrrole nitrogens is 1. The van der Waals surface area contributed by atoms with Gasteiger partial charge in [-0.15, -0.1) is 0 Å². The number of ether oxygens (including phenoxy) is 1. The first kappa shape index (κ1) is 12.6. The third kappa shape index (κ3) is 2.87. The predicted octanol–water partition coefficient (Wildman–Crippen LogP) is 1.90. The van der Waals surface area contributed by atoms with Crippen molar-refractivity contribution in [2.24, 2.45) is 0 Å². The Kier molecular flexibility index (Phi) is 3.94. The summed E-state index contributed by atoms with van der Waals surface area (Å²) < 4.78 is 5.62. The second kappa shape index (κ2) is 5.64. The molecule has 1 atom stereocenters. The molecule has 1 aromatic heterocycles. The molecule has 0 aliphatic heterocycles. The number of rotatable bonds is 5. The van der Waals surface area contributed by atoms with Gasteiger partial charge in [0.1, 0.15) is 17.9 Å². The molecule has 5 nitrogen and oxygen atoms in total. The minimum absolute atomic E-state index is 0.0144. The van der Waals surface area contributed by atoms with Gasteiger partial charge in [-0.25, -0.2) is 4.98 Å². The monoisotopic (exact) mass is 246 g/mol. The maximum absolute atomic E-state index is 5.62. The molecule has 2 aromatic rings. The zero-order valence-corrected chi connectivity index (χ0v) is 10.8. The molecule has 5 heteroatoms. The van der Waals surface area contributed by atoms with Gasteiger partial charge in [0.25, 0.3) is 0 Å². The van der Waals surface area contributed by atoms with Crippen LogP contribution in [-0.2, 0) is 0 Å². The van der Waals surface area contributed by atoms with Crippen molar-refractivity contribution in [1.29, 1.82) is 0 Å². The molecule has 1 aromatic carbocycles. The average molecular weight is 246 g/mol. The van der Waals surface area contributed by atoms with E-state index in [0.717, 1.165) is 17.1 Å². The van der Waals surface area contributed by atoms with E-state index in [2.05, 4.69) is 20.5 Å². The lowest BCUT2D eigenvalue weighted by Crippen LogP contribution is -2.19. The first-order valence-electron chi connectivity index (χ1n) is 6.00. The van der Waals surface area contributed by atoms with E-state index < -0.39 is 0 Å². The van der Waals surface area contributed by atoms with E-state index >= 15 is 0 Å². The van der Waals surface area contributed by atoms with Crippen LogP contribution in [0.1, 0.15) is 31.3 Å². The number of aromatic nitrogens is 3. The SMILES string of the molecule is CNC(c1ccc(OC(C)C)cc1)c1ncn[nH]1. The van der Waals surface area contributed by atoms with Gasteiger partial charge in [-0.05, 0) is 38.6 Å². The fourth-order valence-corrected chi connectivity index (χ4v) is 1.83. The normalized spacial score (nSPS) is 12.7. The molecular formula is C13H18N4O. The molecule has 0 spiro atoms. The second-order valence-corrected chi connectivity index (χ2v) is 4.33. The summed E-state index contributed by atoms with van der Waals surface area (Å²) in [5.41, 5.74) is 1.12. The Morgan fingerprint density at radius 3 is 2.44 bits per heavy atom. The van der Waals surface area contributed by atoms with Gasteiger partial charge < -0.3 is 10.1 Å². The summed E-state index contributed by atoms with van der Waals surface area (Å²) in [5.74, 6) is 1.68. The minimum atomic E-state index is 0.0144. The summed E-state index contributed by atoms with van der Waals surface area (Å²) in [6.45, 7) is 4.03. The fourth-order valence-electron chi connectivity index (χ4n) is 1.83. The van der Waals surface area contributed by atoms with Crippen molar-refractivity contribution in [3.05, 3.63) is 42.0 Å². The van der Waals surface area contributed by atoms with Crippen LogP contribution in [0, 0.1) is 0 Å². The lowest BCUT2D eigenvalue weighted by molar-refractivity contribution is 0.242. The van der Waals surface area contributed by atoms with Crippen LogP contribution in [0.4, 0.5) is 0 Å². The standard InChI is InChI=1S/C13H18N4O/c1-9(2)18-11-6-4-10(5-7-11)12(14-3)13-15-8-16-17-13/h4-9,12,14H,1-3H3,(H,15,16,17). The highest BCUT2D eigenvalue weighted by Crippen LogP contribution is 2.21. The number of hydrogen-bond acceptors (Lipinski definition) is 4. The van der Waals surface area contributed by atoms with Gasteiger partial charge in [0.05, 0.1) is 12.1 Å². The Hall–Kier alpha value is -1.88. The zero-order chi connectivity index (χ0) is 13.0. The van der Waals surface area contributed by atoms with Crippen LogP contribution in [0.2, 0.25) is 0 Å². The molecule has 0 saturated carbocycles. The first-order chi connectivity index (χ1) is 8.70. The molecule has 0 bridgehead atoms. The average Bonchev–Trinajstić information content (AvgIpc) is 2.85. The maximum atomic E-state index is 5.62. The largest absolute Gasteiger partial charge is 0.491 e. The third-order valence-electron chi connectivity index (χ3n) is 2.58. The Morgan fingerprint density at radius 1 is 1.22 bits per heavy atom. The summed E-state index contributed by atoms with van der Waals surface area (Å²) in [7, 11) is 1.89. The van der Waals surface area contributed by atoms with E-state index in [0.29, 0.717) is 0 Å². The Morgan fingerprint density at radius 2 is 1.94 bits per heavy atom. The molecule has 2 rings (SSSR count). The van der Waals surface area contributed by atoms with Crippen molar-refractivity contribution in [2.45, 2.75) is 26.0 Å². The lowest BCUT2D eigenvalue weighted by Gasteiger charge is -2.15. The molecule has 0 saturated heterocycles. The zero-order valence-electron chi connectivity index (χ0n) is 10.8. The van der Waals surface area contributed by atoms with E-state index in [1.165, 1.54) is 6.33 Å². The van der Waals surface area contributed by atoms with E-state index in [-0.39, 0.29) is 12.1 Å². The molecule has 2 N–H and O–H groups in total. The quantitative estimate of drug-likeness (QED) is 0.845. The van der Waals surface area contributed by atoms with Crippen molar-refractivity contribution in [1.82, 2.24) is 20.5 Å². The highest BCUT2D eigenvalue weighted by atomic mass is 16.5. The molecule has 1 heterocycles. The van der Waals surface area contributed by atoms with Gasteiger partial charge >= 0.3 is 0 Å². The van der Waals surface area contributed by atoms with E-state index in [9.17, 15) is 0 Å². The molecule has 18 heavy (non-hydrogen) atoms. The van der Waals surface area contributed by atoms with Gasteiger partial charge in [-0.3, -0.25) is 5.10 Å². The summed E-state index contributed by atoms with van der Waals surface area (Å²) in [6, 6.07) is 8.01. The van der Waals surface area contributed by atoms with E-state index in [4.69, 9.17) is 4.74 Å². The molecule has 0 fully saturated rings. The van der Waals surface area contributed by atoms with Crippen molar-refractivity contribution in [2.75, 3.05) is 7.05 Å². The molecule has 0 radical (unpaired) electrons. The Balaban J connectivity index is 2.17. The number of aromatic amines is 1. The number of hydrogen-bond donors (Lipinski definition) is 2. The van der Waals surface area contributed by atoms with Crippen molar-refractivity contribution in [3.8, 4) is 5.75 Å². The summed E-state index contributed by atoms with van der Waals surface area (Å²) >= 11 is 0. The minimum Gasteiger partial charge on any atom is -0.491 e. The molecule has 0 amide bonds. The van der Waals surface area contributed by atoms with Crippen LogP contribution < -0.4 is 10.1 Å². The van der Waals surface area contributed by atoms with Crippen molar-refractivity contribution >= 4 is 0 Å². The van der Waals surface area contributed by atoms with Gasteiger partial charge in [0.15, 0.2) is 0 Å². The number of nitrogens with one attached hydrogen (secondary N) is 2. The van der Waals surface area contributed by atoms with Crippen LogP contribution in [-0.4, -0.2) is 28.3 Å². The second-order valence-electron chi connectivity index (χ2n) is 4.33. The predicted molar refractivity (Wildman–Crippen MR) is 69.5 cm³/mol. The molecule has 96 valence electrons. The van der Waals surface area contributed by atoms with Crippen LogP contribution in [0.25, 0.3) is 0 Å². The molecule has 0 aliphatic carbocycles. The smallest absolute Gasteiger partial charge is 0.145 e. The van der Waals surface area contributed by atoms with Gasteiger partial charge in [-0.2, -0.15) is 5.10 Å². The third-order valence-corrected chi connectivity index (χ3v) is 2.58. The summed E-state index contributed by atoms with van der Waals surface area (Å²) in [4.78, 5) is 4.17. The van der Waals surface area contributed by atoms with Gasteiger partial charge in [-0.1, -0.05) is 12.1 Å². The van der Waals surface area contributed by atoms with Crippen LogP contribution in [0.5, 0.6) is 5.75 Å². The van der Waals surface area contributed by atoms with Crippen molar-refractivity contribution in [3.63, 3.8) is 0 Å². The molecule has 0 aliphatic rings. The topological polar surface area (TPSA) is 62.8 Å². The highest BCUT2D eigenvalue weighted by molar-refractivity contribution is 5.31. The lowest BCUT2D eigenvalue weighted by atomic mass is 10.1. The molecule has 1 unspecified atom stereocenters. The summed E-state index contributed by atoms with van der Waals surface area (Å²) in [6.07, 6.45) is 1.70. The maximum Gasteiger partial charge on any atom is 0.145 e. The number of benzene rings is 1. The van der Waals surface area contributed by atoms with Crippen LogP contribution in [0.15, 0.2) is 30.6 Å². The van der Waals surface area contributed by atoms with E-state index in [1.807, 2.05) is 45.2 Å². The van der Waals surface area contributed by atoms with Crippen molar-refractivity contribution < 1.29 is 4.74 Å². The van der Waals surface area contributed by atoms with Crippen LogP contribution >= 0.6 is 0 Å². The number of nitrogens with zero attached hydrogens (tertiary/aromatic N) is 2. The van der Waals surface area contributed by atoms with Gasteiger partial charge in [0, 0.05) is 0 Å². The van der Waals surface area contributed by atoms with E-state index in [1.54, 1.807) is 0 Å². The van der Waals surface area contributed by atoms with Crippen LogP contribution in [0.3, 0.4) is 0 Å². The fraction of sp³-hybridized carbons (Fsp3) is 0.385. The Labute approximate surface area is 107 Å². The molecular weight excluding hydrogens is 228 g/mol. The first-order valence-corrected chi connectivity index (χ1v) is 6.00. The Bertz CT molecular complexity index is 464. The van der Waals surface area contributed by atoms with Gasteiger partial charge in [0.2, 0.25) is 0 Å².